The van der Waals surface area contributed by atoms with E-state index in [-0.39, 0.29) is 28.7 Å². The van der Waals surface area contributed by atoms with Gasteiger partial charge >= 0.3 is 0 Å². The van der Waals surface area contributed by atoms with Crippen molar-refractivity contribution in [2.45, 2.75) is 19.9 Å². The van der Waals surface area contributed by atoms with Crippen LogP contribution in [0.2, 0.25) is 5.15 Å². The molecular weight excluding hydrogens is 518 g/mol. The second kappa shape index (κ2) is 9.83. The van der Waals surface area contributed by atoms with Crippen molar-refractivity contribution in [3.63, 3.8) is 0 Å². The lowest BCUT2D eigenvalue weighted by atomic mass is 10.0. The third-order valence-corrected chi connectivity index (χ3v) is 7.06. The number of nitrogens with two attached hydrogens (primary N) is 1. The van der Waals surface area contributed by atoms with Crippen LogP contribution in [0.15, 0.2) is 47.8 Å². The zero-order valence-electron chi connectivity index (χ0n) is 24.3. The molecule has 0 bridgehead atoms. The minimum Gasteiger partial charge on any atom is -0.378 e. The summed E-state index contributed by atoms with van der Waals surface area (Å²) in [5.74, 6) is 0.768. The highest BCUT2D eigenvalue weighted by molar-refractivity contribution is 6.29. The Labute approximate surface area is 233 Å². The quantitative estimate of drug-likeness (QED) is 0.316. The maximum absolute atomic E-state index is 14.0. The van der Waals surface area contributed by atoms with Crippen LogP contribution in [0.1, 0.15) is 28.2 Å². The Hall–Kier alpha value is -4.22. The van der Waals surface area contributed by atoms with E-state index in [2.05, 4.69) is 30.2 Å². The molecule has 200 valence electrons. The third-order valence-electron chi connectivity index (χ3n) is 6.85. The van der Waals surface area contributed by atoms with E-state index in [1.165, 1.54) is 18.7 Å². The van der Waals surface area contributed by atoms with Gasteiger partial charge in [-0.3, -0.25) is 13.8 Å². The molecule has 1 aliphatic rings. The summed E-state index contributed by atoms with van der Waals surface area (Å²) in [5, 5.41) is 4.18. The number of hydrogen-bond donors (Lipinski definition) is 2. The lowest BCUT2D eigenvalue weighted by Crippen LogP contribution is -2.37. The smallest absolute Gasteiger partial charge is 0.261 e. The number of fused-ring (bicyclic) bond motifs is 3. The summed E-state index contributed by atoms with van der Waals surface area (Å²) in [7, 11) is 0. The van der Waals surface area contributed by atoms with Gasteiger partial charge in [0.05, 0.1) is 35.8 Å². The van der Waals surface area contributed by atoms with Gasteiger partial charge in [-0.25, -0.2) is 19.9 Å². The van der Waals surface area contributed by atoms with E-state index in [0.29, 0.717) is 48.4 Å². The Morgan fingerprint density at radius 2 is 1.95 bits per heavy atom. The molecule has 3 N–H and O–H groups in total. The first-order valence-corrected chi connectivity index (χ1v) is 12.8. The fourth-order valence-corrected chi connectivity index (χ4v) is 5.18. The standard InChI is InChI=1S/C27H28ClN9O2/c1-15-10-18(16(2)33-20-4-5-21(28)34-24(20)36-6-8-39-9-7-36)23-19(11-15)26(38)35(3)25-22(32-14-37(23)25)17-12-30-27(29)31-13-17/h4-5,10-14,16,33H,6-9H2,1-3H3,(H2,29,30,31)/i3D3. The van der Waals surface area contributed by atoms with E-state index >= 15 is 0 Å². The van der Waals surface area contributed by atoms with Crippen LogP contribution in [0, 0.1) is 6.92 Å². The van der Waals surface area contributed by atoms with E-state index in [1.54, 1.807) is 16.5 Å². The molecule has 4 aromatic heterocycles. The van der Waals surface area contributed by atoms with Gasteiger partial charge in [-0.05, 0) is 43.2 Å². The number of ether oxygens (including phenoxy) is 1. The molecular formula is C27H28ClN9O2. The number of nitrogen functional groups attached to an aromatic ring is 1. The highest BCUT2D eigenvalue weighted by Gasteiger charge is 2.23. The van der Waals surface area contributed by atoms with Crippen molar-refractivity contribution in [3.05, 3.63) is 69.6 Å². The van der Waals surface area contributed by atoms with E-state index in [9.17, 15) is 4.79 Å². The van der Waals surface area contributed by atoms with Gasteiger partial charge in [0, 0.05) is 42.1 Å². The third kappa shape index (κ3) is 4.43. The molecule has 1 saturated heterocycles. The van der Waals surface area contributed by atoms with Gasteiger partial charge in [0.25, 0.3) is 5.56 Å². The molecule has 1 aromatic carbocycles. The van der Waals surface area contributed by atoms with E-state index in [1.807, 2.05) is 26.0 Å². The zero-order chi connectivity index (χ0) is 29.8. The minimum atomic E-state index is -2.79. The van der Waals surface area contributed by atoms with Gasteiger partial charge in [-0.15, -0.1) is 0 Å². The number of nitrogens with one attached hydrogen (secondary N) is 1. The number of anilines is 3. The van der Waals surface area contributed by atoms with Gasteiger partial charge in [0.2, 0.25) is 5.95 Å². The zero-order valence-corrected chi connectivity index (χ0v) is 22.1. The Balaban J connectivity index is 1.57. The molecule has 0 saturated carbocycles. The minimum absolute atomic E-state index is 0.0618. The summed E-state index contributed by atoms with van der Waals surface area (Å²) < 4.78 is 32.7. The van der Waals surface area contributed by atoms with Gasteiger partial charge in [0.1, 0.15) is 22.8 Å². The highest BCUT2D eigenvalue weighted by atomic mass is 35.5. The molecule has 0 spiro atoms. The molecule has 0 amide bonds. The van der Waals surface area contributed by atoms with Crippen LogP contribution in [0.3, 0.4) is 0 Å². The number of benzene rings is 1. The summed E-state index contributed by atoms with van der Waals surface area (Å²) >= 11 is 6.28. The van der Waals surface area contributed by atoms with Crippen molar-refractivity contribution in [2.24, 2.45) is 6.98 Å². The van der Waals surface area contributed by atoms with Crippen LogP contribution in [-0.4, -0.2) is 55.2 Å². The summed E-state index contributed by atoms with van der Waals surface area (Å²) in [4.78, 5) is 33.2. The van der Waals surface area contributed by atoms with Crippen molar-refractivity contribution in [1.29, 1.82) is 0 Å². The largest absolute Gasteiger partial charge is 0.378 e. The summed E-state index contributed by atoms with van der Waals surface area (Å²) in [6.45, 7) is 3.57. The molecule has 1 atom stereocenters. The molecule has 0 radical (unpaired) electrons. The second-order valence-corrected chi connectivity index (χ2v) is 9.87. The Kier molecular flexibility index (Phi) is 5.46. The number of imidazole rings is 1. The second-order valence-electron chi connectivity index (χ2n) is 9.48. The molecule has 12 heteroatoms. The number of aryl methyl sites for hydroxylation is 2. The average Bonchev–Trinajstić information content (AvgIpc) is 3.38. The number of aromatic nitrogens is 6. The highest BCUT2D eigenvalue weighted by Crippen LogP contribution is 2.33. The molecule has 0 aliphatic carbocycles. The predicted molar refractivity (Wildman–Crippen MR) is 152 cm³/mol. The van der Waals surface area contributed by atoms with Crippen molar-refractivity contribution in [1.82, 2.24) is 28.9 Å². The Bertz CT molecular complexity index is 1870. The lowest BCUT2D eigenvalue weighted by molar-refractivity contribution is 0.122. The average molecular weight is 549 g/mol. The number of nitrogens with zero attached hydrogens (tertiary/aromatic N) is 7. The molecule has 1 fully saturated rings. The maximum Gasteiger partial charge on any atom is 0.261 e. The van der Waals surface area contributed by atoms with Crippen molar-refractivity contribution >= 4 is 45.6 Å². The molecule has 1 aliphatic heterocycles. The van der Waals surface area contributed by atoms with Crippen molar-refractivity contribution in [3.8, 4) is 11.3 Å². The van der Waals surface area contributed by atoms with Crippen LogP contribution in [-0.2, 0) is 11.7 Å². The lowest BCUT2D eigenvalue weighted by Gasteiger charge is -2.30. The van der Waals surface area contributed by atoms with Crippen molar-refractivity contribution in [2.75, 3.05) is 42.3 Å². The predicted octanol–water partition coefficient (Wildman–Crippen LogP) is 3.59. The van der Waals surface area contributed by atoms with E-state index < -0.39 is 12.5 Å². The normalized spacial score (nSPS) is 16.2. The number of halogens is 1. The topological polar surface area (TPSA) is 128 Å². The summed E-state index contributed by atoms with van der Waals surface area (Å²) in [6, 6.07) is 6.93. The fourth-order valence-electron chi connectivity index (χ4n) is 5.03. The van der Waals surface area contributed by atoms with Crippen LogP contribution < -0.4 is 21.5 Å². The molecule has 1 unspecified atom stereocenters. The fraction of sp³-hybridized carbons (Fsp3) is 0.296. The van der Waals surface area contributed by atoms with E-state index in [0.717, 1.165) is 21.4 Å². The molecule has 6 rings (SSSR count). The molecule has 5 heterocycles. The maximum atomic E-state index is 14.0. The Morgan fingerprint density at radius 3 is 2.69 bits per heavy atom. The molecule has 5 aromatic rings. The summed E-state index contributed by atoms with van der Waals surface area (Å²) in [6.07, 6.45) is 4.41. The van der Waals surface area contributed by atoms with Crippen LogP contribution in [0.5, 0.6) is 0 Å². The number of rotatable bonds is 5. The van der Waals surface area contributed by atoms with Gasteiger partial charge in [0.15, 0.2) is 5.82 Å². The number of pyridine rings is 1. The van der Waals surface area contributed by atoms with E-state index in [4.69, 9.17) is 26.2 Å². The SMILES string of the molecule is [2H]C([2H])([2H])n1c(=O)c2cc(C)cc(C(C)Nc3ccc(Cl)nc3N3CCOCC3)c2n2cnc(-c3cnc(N)nc3)c12. The Morgan fingerprint density at radius 1 is 1.18 bits per heavy atom. The molecule has 11 nitrogen and oxygen atoms in total. The molecule has 39 heavy (non-hydrogen) atoms. The number of morpholine rings is 1. The van der Waals surface area contributed by atoms with Crippen molar-refractivity contribution < 1.29 is 8.85 Å². The first kappa shape index (κ1) is 21.7. The van der Waals surface area contributed by atoms with Crippen LogP contribution >= 0.6 is 11.6 Å². The van der Waals surface area contributed by atoms with Gasteiger partial charge < -0.3 is 20.7 Å². The summed E-state index contributed by atoms with van der Waals surface area (Å²) in [5.41, 5.74) is 8.64. The van der Waals surface area contributed by atoms with Crippen LogP contribution in [0.4, 0.5) is 17.5 Å². The monoisotopic (exact) mass is 548 g/mol. The van der Waals surface area contributed by atoms with Gasteiger partial charge in [-0.2, -0.15) is 0 Å². The first-order chi connectivity index (χ1) is 20.0. The number of hydrogen-bond acceptors (Lipinski definition) is 9. The first-order valence-electron chi connectivity index (χ1n) is 13.9. The van der Waals surface area contributed by atoms with Crippen LogP contribution in [0.25, 0.3) is 27.8 Å². The van der Waals surface area contributed by atoms with Gasteiger partial charge in [-0.1, -0.05) is 17.7 Å².